The number of hydrogen-bond donors (Lipinski definition) is 2. The molecule has 0 aliphatic rings. The van der Waals surface area contributed by atoms with E-state index in [-0.39, 0.29) is 23.7 Å². The lowest BCUT2D eigenvalue weighted by Gasteiger charge is -2.04. The molecule has 0 unspecified atom stereocenters. The molecule has 0 saturated carbocycles. The van der Waals surface area contributed by atoms with Crippen molar-refractivity contribution in [3.05, 3.63) is 41.9 Å². The van der Waals surface area contributed by atoms with Crippen LogP contribution in [0.2, 0.25) is 0 Å². The standard InChI is InChI=1S/C12H12N4O3/c1-2-19-12(18)8-7-14-16-10(8)15-11(17)9-5-3-4-6-13-9/h3-7H,2H2,1H3,(H2,14,15,16,17). The Hall–Kier alpha value is -2.70. The summed E-state index contributed by atoms with van der Waals surface area (Å²) in [5.74, 6) is -0.794. The first-order valence-electron chi connectivity index (χ1n) is 5.65. The molecule has 19 heavy (non-hydrogen) atoms. The molecular formula is C12H12N4O3. The molecule has 7 nitrogen and oxygen atoms in total. The fraction of sp³-hybridized carbons (Fsp3) is 0.167. The third-order valence-electron chi connectivity index (χ3n) is 2.27. The number of rotatable bonds is 4. The summed E-state index contributed by atoms with van der Waals surface area (Å²) < 4.78 is 4.85. The number of carbonyl (C=O) groups excluding carboxylic acids is 2. The van der Waals surface area contributed by atoms with Gasteiger partial charge in [0.05, 0.1) is 12.8 Å². The maximum absolute atomic E-state index is 11.9. The number of hydrogen-bond acceptors (Lipinski definition) is 5. The molecule has 2 aromatic heterocycles. The lowest BCUT2D eigenvalue weighted by molar-refractivity contribution is 0.0527. The largest absolute Gasteiger partial charge is 0.462 e. The minimum Gasteiger partial charge on any atom is -0.462 e. The van der Waals surface area contributed by atoms with Gasteiger partial charge in [-0.25, -0.2) is 4.79 Å². The normalized spacial score (nSPS) is 9.95. The molecule has 0 aliphatic carbocycles. The zero-order valence-electron chi connectivity index (χ0n) is 10.2. The highest BCUT2D eigenvalue weighted by atomic mass is 16.5. The summed E-state index contributed by atoms with van der Waals surface area (Å²) in [7, 11) is 0. The predicted octanol–water partition coefficient (Wildman–Crippen LogP) is 1.23. The summed E-state index contributed by atoms with van der Waals surface area (Å²) in [5.41, 5.74) is 0.415. The second kappa shape index (κ2) is 5.76. The van der Waals surface area contributed by atoms with E-state index in [0.717, 1.165) is 0 Å². The van der Waals surface area contributed by atoms with Crippen LogP contribution in [0.3, 0.4) is 0 Å². The highest BCUT2D eigenvalue weighted by molar-refractivity contribution is 6.06. The number of anilines is 1. The number of esters is 1. The van der Waals surface area contributed by atoms with Crippen molar-refractivity contribution in [3.8, 4) is 0 Å². The van der Waals surface area contributed by atoms with Crippen molar-refractivity contribution in [3.63, 3.8) is 0 Å². The van der Waals surface area contributed by atoms with E-state index in [1.807, 2.05) is 0 Å². The molecule has 0 radical (unpaired) electrons. The third kappa shape index (κ3) is 2.95. The first-order valence-corrected chi connectivity index (χ1v) is 5.65. The van der Waals surface area contributed by atoms with E-state index in [0.29, 0.717) is 0 Å². The van der Waals surface area contributed by atoms with Gasteiger partial charge in [0.1, 0.15) is 17.1 Å². The van der Waals surface area contributed by atoms with Crippen molar-refractivity contribution in [2.75, 3.05) is 11.9 Å². The van der Waals surface area contributed by atoms with Crippen molar-refractivity contribution in [2.45, 2.75) is 6.92 Å². The highest BCUT2D eigenvalue weighted by Crippen LogP contribution is 2.13. The monoisotopic (exact) mass is 260 g/mol. The molecule has 98 valence electrons. The van der Waals surface area contributed by atoms with Gasteiger partial charge >= 0.3 is 5.97 Å². The molecule has 0 aromatic carbocycles. The van der Waals surface area contributed by atoms with E-state index in [2.05, 4.69) is 20.5 Å². The number of ether oxygens (including phenoxy) is 1. The Labute approximate surface area is 109 Å². The molecule has 2 rings (SSSR count). The summed E-state index contributed by atoms with van der Waals surface area (Å²) in [5, 5.41) is 8.77. The Morgan fingerprint density at radius 1 is 1.42 bits per heavy atom. The number of nitrogens with one attached hydrogen (secondary N) is 2. The van der Waals surface area contributed by atoms with Crippen LogP contribution in [0.4, 0.5) is 5.82 Å². The Bertz CT molecular complexity index is 580. The van der Waals surface area contributed by atoms with E-state index in [4.69, 9.17) is 4.74 Å². The molecule has 2 aromatic rings. The van der Waals surface area contributed by atoms with Gasteiger partial charge in [-0.2, -0.15) is 5.10 Å². The van der Waals surface area contributed by atoms with Crippen LogP contribution in [0.5, 0.6) is 0 Å². The van der Waals surface area contributed by atoms with Crippen molar-refractivity contribution < 1.29 is 14.3 Å². The van der Waals surface area contributed by atoms with E-state index < -0.39 is 11.9 Å². The van der Waals surface area contributed by atoms with Gasteiger partial charge in [-0.15, -0.1) is 0 Å². The molecule has 0 bridgehead atoms. The third-order valence-corrected chi connectivity index (χ3v) is 2.27. The number of amides is 1. The number of H-pyrrole nitrogens is 1. The summed E-state index contributed by atoms with van der Waals surface area (Å²) in [6, 6.07) is 4.97. The van der Waals surface area contributed by atoms with Gasteiger partial charge in [0.15, 0.2) is 0 Å². The number of aromatic amines is 1. The summed E-state index contributed by atoms with van der Waals surface area (Å²) in [6.07, 6.45) is 2.81. The quantitative estimate of drug-likeness (QED) is 0.806. The molecule has 0 spiro atoms. The average Bonchev–Trinajstić information content (AvgIpc) is 2.88. The molecule has 7 heteroatoms. The van der Waals surface area contributed by atoms with Gasteiger partial charge in [-0.3, -0.25) is 14.9 Å². The molecule has 1 amide bonds. The minimum absolute atomic E-state index is 0.172. The summed E-state index contributed by atoms with van der Waals surface area (Å²) in [6.45, 7) is 1.95. The average molecular weight is 260 g/mol. The fourth-order valence-corrected chi connectivity index (χ4v) is 1.42. The molecular weight excluding hydrogens is 248 g/mol. The zero-order chi connectivity index (χ0) is 13.7. The summed E-state index contributed by atoms with van der Waals surface area (Å²) in [4.78, 5) is 27.4. The van der Waals surface area contributed by atoms with Crippen molar-refractivity contribution in [1.29, 1.82) is 0 Å². The van der Waals surface area contributed by atoms with Crippen molar-refractivity contribution >= 4 is 17.7 Å². The van der Waals surface area contributed by atoms with Crippen LogP contribution >= 0.6 is 0 Å². The topological polar surface area (TPSA) is 97.0 Å². The van der Waals surface area contributed by atoms with E-state index in [9.17, 15) is 9.59 Å². The maximum Gasteiger partial charge on any atom is 0.343 e. The summed E-state index contributed by atoms with van der Waals surface area (Å²) >= 11 is 0. The Morgan fingerprint density at radius 3 is 2.95 bits per heavy atom. The molecule has 0 fully saturated rings. The number of pyridine rings is 1. The Balaban J connectivity index is 2.14. The van der Waals surface area contributed by atoms with E-state index >= 15 is 0 Å². The lowest BCUT2D eigenvalue weighted by Crippen LogP contribution is -2.16. The minimum atomic E-state index is -0.549. The molecule has 2 N–H and O–H groups in total. The van der Waals surface area contributed by atoms with Crippen LogP contribution in [0.15, 0.2) is 30.6 Å². The van der Waals surface area contributed by atoms with Crippen LogP contribution in [-0.2, 0) is 4.74 Å². The molecule has 2 heterocycles. The number of nitrogens with zero attached hydrogens (tertiary/aromatic N) is 2. The molecule has 0 aliphatic heterocycles. The van der Waals surface area contributed by atoms with E-state index in [1.54, 1.807) is 25.1 Å². The number of aromatic nitrogens is 3. The number of carbonyl (C=O) groups is 2. The maximum atomic E-state index is 11.9. The van der Waals surface area contributed by atoms with Crippen molar-refractivity contribution in [2.24, 2.45) is 0 Å². The van der Waals surface area contributed by atoms with E-state index in [1.165, 1.54) is 12.4 Å². The van der Waals surface area contributed by atoms with Gasteiger partial charge in [0.2, 0.25) is 0 Å². The van der Waals surface area contributed by atoms with Crippen LogP contribution in [-0.4, -0.2) is 33.7 Å². The lowest BCUT2D eigenvalue weighted by atomic mass is 10.3. The van der Waals surface area contributed by atoms with Crippen LogP contribution < -0.4 is 5.32 Å². The Kier molecular flexibility index (Phi) is 3.87. The molecule has 0 saturated heterocycles. The van der Waals surface area contributed by atoms with Gasteiger partial charge < -0.3 is 10.1 Å². The first kappa shape index (κ1) is 12.7. The fourth-order valence-electron chi connectivity index (χ4n) is 1.42. The SMILES string of the molecule is CCOC(=O)c1cn[nH]c1NC(=O)c1ccccn1. The van der Waals surface area contributed by atoms with Gasteiger partial charge in [-0.1, -0.05) is 6.07 Å². The second-order valence-electron chi connectivity index (χ2n) is 3.55. The van der Waals surface area contributed by atoms with Gasteiger partial charge in [0, 0.05) is 6.20 Å². The predicted molar refractivity (Wildman–Crippen MR) is 66.7 cm³/mol. The molecule has 0 atom stereocenters. The highest BCUT2D eigenvalue weighted by Gasteiger charge is 2.17. The zero-order valence-corrected chi connectivity index (χ0v) is 10.2. The smallest absolute Gasteiger partial charge is 0.343 e. The van der Waals surface area contributed by atoms with Crippen LogP contribution in [0.1, 0.15) is 27.8 Å². The first-order chi connectivity index (χ1) is 9.22. The van der Waals surface area contributed by atoms with Gasteiger partial charge in [-0.05, 0) is 19.1 Å². The second-order valence-corrected chi connectivity index (χ2v) is 3.55. The van der Waals surface area contributed by atoms with Crippen LogP contribution in [0, 0.1) is 0 Å². The van der Waals surface area contributed by atoms with Gasteiger partial charge in [0.25, 0.3) is 5.91 Å². The van der Waals surface area contributed by atoms with Crippen molar-refractivity contribution in [1.82, 2.24) is 15.2 Å². The van der Waals surface area contributed by atoms with Crippen LogP contribution in [0.25, 0.3) is 0 Å². The Morgan fingerprint density at radius 2 is 2.26 bits per heavy atom.